The number of aromatic nitrogens is 2. The molecule has 0 unspecified atom stereocenters. The molecule has 0 saturated heterocycles. The third-order valence-electron chi connectivity index (χ3n) is 0.771. The van der Waals surface area contributed by atoms with E-state index in [0.29, 0.717) is 0 Å². The van der Waals surface area contributed by atoms with Gasteiger partial charge in [0.05, 0.1) is 0 Å². The number of rotatable bonds is 0. The summed E-state index contributed by atoms with van der Waals surface area (Å²) in [7, 11) is 0. The lowest BCUT2D eigenvalue weighted by atomic mass is 10.5. The molecule has 10 heavy (non-hydrogen) atoms. The van der Waals surface area contributed by atoms with Gasteiger partial charge in [-0.25, -0.2) is 0 Å². The van der Waals surface area contributed by atoms with E-state index in [1.54, 1.807) is 0 Å². The first kappa shape index (κ1) is 7.26. The van der Waals surface area contributed by atoms with Crippen LogP contribution >= 0.6 is 11.5 Å². The van der Waals surface area contributed by atoms with Crippen LogP contribution in [0.15, 0.2) is 0 Å². The highest BCUT2D eigenvalue weighted by Gasteiger charge is 2.36. The molecule has 0 aliphatic heterocycles. The predicted octanol–water partition coefficient (Wildman–Crippen LogP) is 1.14. The van der Waals surface area contributed by atoms with E-state index in [1.165, 1.54) is 0 Å². The Hall–Kier alpha value is -0.850. The van der Waals surface area contributed by atoms with Gasteiger partial charge in [-0.3, -0.25) is 0 Å². The van der Waals surface area contributed by atoms with E-state index in [0.717, 1.165) is 0 Å². The fourth-order valence-electron chi connectivity index (χ4n) is 0.394. The van der Waals surface area contributed by atoms with Crippen molar-refractivity contribution in [3.8, 4) is 0 Å². The van der Waals surface area contributed by atoms with Gasteiger partial charge >= 0.3 is 6.18 Å². The zero-order chi connectivity index (χ0) is 7.78. The molecule has 0 aliphatic carbocycles. The average Bonchev–Trinajstić information content (AvgIpc) is 2.11. The number of anilines is 1. The Morgan fingerprint density at radius 2 is 2.00 bits per heavy atom. The minimum atomic E-state index is -4.42. The number of alkyl halides is 3. The minimum Gasteiger partial charge on any atom is -0.381 e. The average molecular weight is 169 g/mol. The van der Waals surface area contributed by atoms with Gasteiger partial charge in [-0.2, -0.15) is 13.2 Å². The Balaban J connectivity index is 3.05. The first-order chi connectivity index (χ1) is 4.52. The molecule has 1 aromatic rings. The van der Waals surface area contributed by atoms with E-state index in [2.05, 4.69) is 9.59 Å². The molecule has 56 valence electrons. The van der Waals surface area contributed by atoms with Gasteiger partial charge in [0, 0.05) is 0 Å². The molecule has 0 saturated carbocycles. The molecule has 0 radical (unpaired) electrons. The molecule has 0 amide bonds. The fraction of sp³-hybridized carbons (Fsp3) is 0.333. The standard InChI is InChI=1S/C3H2F3N3S/c4-3(5,6)1-2(7)8-9-10-1/h7H2. The normalized spacial score (nSPS) is 11.9. The predicted molar refractivity (Wildman–Crippen MR) is 29.3 cm³/mol. The van der Waals surface area contributed by atoms with Gasteiger partial charge in [0.15, 0.2) is 10.7 Å². The summed E-state index contributed by atoms with van der Waals surface area (Å²) in [5.74, 6) is -0.558. The van der Waals surface area contributed by atoms with Crippen LogP contribution in [0.3, 0.4) is 0 Å². The van der Waals surface area contributed by atoms with E-state index in [1.807, 2.05) is 0 Å². The fourth-order valence-corrected chi connectivity index (χ4v) is 0.843. The maximum atomic E-state index is 11.7. The van der Waals surface area contributed by atoms with Crippen LogP contribution in [-0.4, -0.2) is 9.59 Å². The van der Waals surface area contributed by atoms with Crippen molar-refractivity contribution in [1.82, 2.24) is 9.59 Å². The molecule has 2 N–H and O–H groups in total. The number of hydrogen-bond donors (Lipinski definition) is 1. The van der Waals surface area contributed by atoms with E-state index < -0.39 is 16.9 Å². The van der Waals surface area contributed by atoms with Crippen molar-refractivity contribution in [1.29, 1.82) is 0 Å². The topological polar surface area (TPSA) is 51.8 Å². The second-order valence-electron chi connectivity index (χ2n) is 1.49. The molecule has 0 atom stereocenters. The molecule has 0 fully saturated rings. The highest BCUT2D eigenvalue weighted by Crippen LogP contribution is 2.34. The van der Waals surface area contributed by atoms with Crippen LogP contribution < -0.4 is 5.73 Å². The van der Waals surface area contributed by atoms with Crippen LogP contribution in [-0.2, 0) is 6.18 Å². The zero-order valence-corrected chi connectivity index (χ0v) is 5.33. The Bertz CT molecular complexity index is 229. The highest BCUT2D eigenvalue weighted by atomic mass is 32.1. The quantitative estimate of drug-likeness (QED) is 0.633. The van der Waals surface area contributed by atoms with Crippen LogP contribution in [0.1, 0.15) is 4.88 Å². The summed E-state index contributed by atoms with van der Waals surface area (Å²) in [6.07, 6.45) is -4.42. The minimum absolute atomic E-state index is 0.245. The van der Waals surface area contributed by atoms with Gasteiger partial charge < -0.3 is 5.73 Å². The lowest BCUT2D eigenvalue weighted by Gasteiger charge is -1.99. The first-order valence-corrected chi connectivity index (χ1v) is 2.94. The maximum absolute atomic E-state index is 11.7. The molecule has 3 nitrogen and oxygen atoms in total. The number of hydrogen-bond acceptors (Lipinski definition) is 4. The van der Waals surface area contributed by atoms with Crippen LogP contribution in [0.5, 0.6) is 0 Å². The van der Waals surface area contributed by atoms with Gasteiger partial charge in [-0.15, -0.1) is 5.10 Å². The molecule has 1 rings (SSSR count). The van der Waals surface area contributed by atoms with Gasteiger partial charge in [-0.05, 0) is 11.5 Å². The molecule has 1 heterocycles. The largest absolute Gasteiger partial charge is 0.430 e. The van der Waals surface area contributed by atoms with Gasteiger partial charge in [0.2, 0.25) is 0 Å². The van der Waals surface area contributed by atoms with Crippen molar-refractivity contribution in [3.05, 3.63) is 4.88 Å². The summed E-state index contributed by atoms with van der Waals surface area (Å²) in [6, 6.07) is 0. The Morgan fingerprint density at radius 3 is 2.20 bits per heavy atom. The SMILES string of the molecule is Nc1nnsc1C(F)(F)F. The van der Waals surface area contributed by atoms with E-state index in [4.69, 9.17) is 5.73 Å². The van der Waals surface area contributed by atoms with Crippen molar-refractivity contribution in [2.24, 2.45) is 0 Å². The number of nitrogens with zero attached hydrogens (tertiary/aromatic N) is 2. The molecule has 0 spiro atoms. The van der Waals surface area contributed by atoms with Gasteiger partial charge in [0.1, 0.15) is 0 Å². The molecule has 0 aromatic carbocycles. The Kier molecular flexibility index (Phi) is 1.51. The van der Waals surface area contributed by atoms with Crippen molar-refractivity contribution in [2.75, 3.05) is 5.73 Å². The van der Waals surface area contributed by atoms with Crippen molar-refractivity contribution >= 4 is 17.4 Å². The maximum Gasteiger partial charge on any atom is 0.430 e. The highest BCUT2D eigenvalue weighted by molar-refractivity contribution is 7.06. The third-order valence-corrected chi connectivity index (χ3v) is 1.56. The molecular formula is C3H2F3N3S. The van der Waals surface area contributed by atoms with E-state index in [-0.39, 0.29) is 11.5 Å². The molecule has 0 bridgehead atoms. The second kappa shape index (κ2) is 2.08. The van der Waals surface area contributed by atoms with E-state index >= 15 is 0 Å². The number of halogens is 3. The number of nitrogens with two attached hydrogens (primary N) is 1. The third kappa shape index (κ3) is 1.18. The molecule has 0 aliphatic rings. The molecular weight excluding hydrogens is 167 g/mol. The summed E-state index contributed by atoms with van der Waals surface area (Å²) >= 11 is 0.245. The van der Waals surface area contributed by atoms with Crippen LogP contribution in [0.25, 0.3) is 0 Å². The Morgan fingerprint density at radius 1 is 1.40 bits per heavy atom. The van der Waals surface area contributed by atoms with Crippen LogP contribution in [0, 0.1) is 0 Å². The lowest BCUT2D eigenvalue weighted by molar-refractivity contribution is -0.133. The number of nitrogen functional groups attached to an aromatic ring is 1. The van der Waals surface area contributed by atoms with Crippen LogP contribution in [0.2, 0.25) is 0 Å². The van der Waals surface area contributed by atoms with Gasteiger partial charge in [0.25, 0.3) is 0 Å². The summed E-state index contributed by atoms with van der Waals surface area (Å²) in [5.41, 5.74) is 4.84. The summed E-state index contributed by atoms with van der Waals surface area (Å²) in [4.78, 5) is -0.938. The molecule has 1 aromatic heterocycles. The summed E-state index contributed by atoms with van der Waals surface area (Å²) < 4.78 is 38.2. The first-order valence-electron chi connectivity index (χ1n) is 2.17. The van der Waals surface area contributed by atoms with Crippen molar-refractivity contribution in [2.45, 2.75) is 6.18 Å². The van der Waals surface area contributed by atoms with Crippen LogP contribution in [0.4, 0.5) is 19.0 Å². The van der Waals surface area contributed by atoms with Crippen molar-refractivity contribution in [3.63, 3.8) is 0 Å². The smallest absolute Gasteiger partial charge is 0.381 e. The lowest BCUT2D eigenvalue weighted by Crippen LogP contribution is -2.05. The van der Waals surface area contributed by atoms with Crippen molar-refractivity contribution < 1.29 is 13.2 Å². The zero-order valence-electron chi connectivity index (χ0n) is 4.51. The monoisotopic (exact) mass is 169 g/mol. The van der Waals surface area contributed by atoms with Gasteiger partial charge in [-0.1, -0.05) is 4.49 Å². The van der Waals surface area contributed by atoms with E-state index in [9.17, 15) is 13.2 Å². The summed E-state index contributed by atoms with van der Waals surface area (Å²) in [6.45, 7) is 0. The summed E-state index contributed by atoms with van der Waals surface area (Å²) in [5, 5.41) is 3.01. The Labute approximate surface area is 57.8 Å². The molecule has 7 heteroatoms. The second-order valence-corrected chi connectivity index (χ2v) is 2.24.